The van der Waals surface area contributed by atoms with Crippen LogP contribution in [0.5, 0.6) is 0 Å². The predicted molar refractivity (Wildman–Crippen MR) is 84.3 cm³/mol. The number of allylic oxidation sites excluding steroid dienone is 1. The Morgan fingerprint density at radius 2 is 1.38 bits per heavy atom. The van der Waals surface area contributed by atoms with Crippen molar-refractivity contribution >= 4 is 17.4 Å². The molecule has 0 fully saturated rings. The molecule has 2 aromatic carbocycles. The molecule has 1 aliphatic rings. The number of halogens is 2. The summed E-state index contributed by atoms with van der Waals surface area (Å²) >= 11 is 0. The van der Waals surface area contributed by atoms with Crippen LogP contribution in [0.25, 0.3) is 0 Å². The molecule has 0 bridgehead atoms. The Hall–Kier alpha value is -3.15. The number of carbonyl (C=O) groups is 2. The summed E-state index contributed by atoms with van der Waals surface area (Å²) in [5.74, 6) is -1.63. The molecular weight excluding hydrogens is 314 g/mol. The van der Waals surface area contributed by atoms with E-state index in [4.69, 9.17) is 0 Å². The average molecular weight is 326 g/mol. The maximum Gasteiger partial charge on any atom is 0.231 e. The SMILES string of the molecule is O=C1CC(=O)C(N=C(c2ccc(F)cc2)c2ccc(F)cc2)=CN1. The number of ketones is 1. The molecule has 0 aliphatic carbocycles. The van der Waals surface area contributed by atoms with Crippen LogP contribution in [-0.2, 0) is 9.59 Å². The van der Waals surface area contributed by atoms with Crippen LogP contribution in [0.2, 0.25) is 0 Å². The largest absolute Gasteiger partial charge is 0.330 e. The molecule has 0 unspecified atom stereocenters. The van der Waals surface area contributed by atoms with Crippen LogP contribution in [-0.4, -0.2) is 17.4 Å². The second-order valence-corrected chi connectivity index (χ2v) is 5.17. The van der Waals surface area contributed by atoms with Crippen molar-refractivity contribution in [2.45, 2.75) is 6.42 Å². The highest BCUT2D eigenvalue weighted by atomic mass is 19.1. The Balaban J connectivity index is 2.09. The monoisotopic (exact) mass is 326 g/mol. The minimum absolute atomic E-state index is 0.0817. The van der Waals surface area contributed by atoms with E-state index in [0.29, 0.717) is 16.8 Å². The number of amides is 1. The lowest BCUT2D eigenvalue weighted by molar-refractivity contribution is -0.126. The summed E-state index contributed by atoms with van der Waals surface area (Å²) in [5, 5.41) is 2.44. The first kappa shape index (κ1) is 15.7. The zero-order valence-electron chi connectivity index (χ0n) is 12.4. The smallest absolute Gasteiger partial charge is 0.231 e. The summed E-state index contributed by atoms with van der Waals surface area (Å²) in [6, 6.07) is 11.2. The van der Waals surface area contributed by atoms with Crippen LogP contribution >= 0.6 is 0 Å². The highest BCUT2D eigenvalue weighted by molar-refractivity contribution is 6.17. The third-order valence-electron chi connectivity index (χ3n) is 3.44. The maximum absolute atomic E-state index is 13.2. The van der Waals surface area contributed by atoms with Crippen LogP contribution in [0.15, 0.2) is 65.4 Å². The van der Waals surface area contributed by atoms with Gasteiger partial charge in [-0.3, -0.25) is 9.59 Å². The first-order valence-corrected chi connectivity index (χ1v) is 7.16. The molecule has 0 radical (unpaired) electrons. The van der Waals surface area contributed by atoms with Gasteiger partial charge < -0.3 is 5.32 Å². The van der Waals surface area contributed by atoms with E-state index < -0.39 is 23.3 Å². The van der Waals surface area contributed by atoms with Gasteiger partial charge in [-0.2, -0.15) is 0 Å². The molecule has 1 amide bonds. The van der Waals surface area contributed by atoms with Crippen molar-refractivity contribution in [1.82, 2.24) is 5.32 Å². The van der Waals surface area contributed by atoms with Crippen molar-refractivity contribution in [3.05, 3.63) is 83.2 Å². The maximum atomic E-state index is 13.2. The molecule has 4 nitrogen and oxygen atoms in total. The number of carbonyl (C=O) groups excluding carboxylic acids is 2. The van der Waals surface area contributed by atoms with Crippen molar-refractivity contribution < 1.29 is 18.4 Å². The van der Waals surface area contributed by atoms with Crippen LogP contribution in [0.4, 0.5) is 8.78 Å². The fraction of sp³-hybridized carbons (Fsp3) is 0.0556. The second kappa shape index (κ2) is 6.54. The van der Waals surface area contributed by atoms with E-state index in [0.717, 1.165) is 0 Å². The third-order valence-corrected chi connectivity index (χ3v) is 3.44. The number of nitrogens with zero attached hydrogens (tertiary/aromatic N) is 1. The van der Waals surface area contributed by atoms with Crippen molar-refractivity contribution in [3.8, 4) is 0 Å². The van der Waals surface area contributed by atoms with Gasteiger partial charge in [-0.05, 0) is 48.5 Å². The van der Waals surface area contributed by atoms with Crippen molar-refractivity contribution in [2.24, 2.45) is 4.99 Å². The normalized spacial score (nSPS) is 14.0. The minimum atomic E-state index is -0.416. The Kier molecular flexibility index (Phi) is 4.29. The van der Waals surface area contributed by atoms with Crippen LogP contribution in [0.3, 0.4) is 0 Å². The standard InChI is InChI=1S/C18H12F2N2O2/c19-13-5-1-11(2-6-13)18(12-3-7-14(20)8-4-12)22-15-10-21-17(24)9-16(15)23/h1-8,10H,9H2,(H,21,24). The lowest BCUT2D eigenvalue weighted by atomic mass is 10.0. The fourth-order valence-electron chi connectivity index (χ4n) is 2.24. The molecule has 1 N–H and O–H groups in total. The molecule has 6 heteroatoms. The van der Waals surface area contributed by atoms with E-state index in [1.807, 2.05) is 0 Å². The van der Waals surface area contributed by atoms with Gasteiger partial charge in [0.05, 0.1) is 12.1 Å². The van der Waals surface area contributed by atoms with Gasteiger partial charge in [-0.25, -0.2) is 13.8 Å². The number of hydrogen-bond acceptors (Lipinski definition) is 3. The molecular formula is C18H12F2N2O2. The van der Waals surface area contributed by atoms with Crippen LogP contribution in [0, 0.1) is 11.6 Å². The summed E-state index contributed by atoms with van der Waals surface area (Å²) in [5.41, 5.74) is 1.59. The highest BCUT2D eigenvalue weighted by Gasteiger charge is 2.20. The van der Waals surface area contributed by atoms with Gasteiger partial charge in [0, 0.05) is 17.3 Å². The number of hydrogen-bond donors (Lipinski definition) is 1. The lowest BCUT2D eigenvalue weighted by Crippen LogP contribution is -2.27. The van der Waals surface area contributed by atoms with E-state index in [1.54, 1.807) is 0 Å². The first-order chi connectivity index (χ1) is 11.5. The molecule has 1 aliphatic heterocycles. The molecule has 0 atom stereocenters. The lowest BCUT2D eigenvalue weighted by Gasteiger charge is -2.12. The third kappa shape index (κ3) is 3.43. The van der Waals surface area contributed by atoms with Gasteiger partial charge >= 0.3 is 0 Å². The van der Waals surface area contributed by atoms with E-state index >= 15 is 0 Å². The zero-order valence-corrected chi connectivity index (χ0v) is 12.4. The molecule has 2 aromatic rings. The summed E-state index contributed by atoms with van der Waals surface area (Å²) < 4.78 is 26.3. The van der Waals surface area contributed by atoms with E-state index in [1.165, 1.54) is 54.7 Å². The summed E-state index contributed by atoms with van der Waals surface area (Å²) in [7, 11) is 0. The molecule has 24 heavy (non-hydrogen) atoms. The van der Waals surface area contributed by atoms with Crippen LogP contribution in [0.1, 0.15) is 17.5 Å². The van der Waals surface area contributed by atoms with Gasteiger partial charge in [-0.15, -0.1) is 0 Å². The fourth-order valence-corrected chi connectivity index (χ4v) is 2.24. The van der Waals surface area contributed by atoms with Crippen molar-refractivity contribution in [2.75, 3.05) is 0 Å². The number of Topliss-reactive ketones (excluding diaryl/α,β-unsaturated/α-hetero) is 1. The zero-order chi connectivity index (χ0) is 17.1. The Morgan fingerprint density at radius 3 is 1.83 bits per heavy atom. The molecule has 0 saturated carbocycles. The van der Waals surface area contributed by atoms with Gasteiger partial charge in [0.15, 0.2) is 5.78 Å². The molecule has 120 valence electrons. The van der Waals surface area contributed by atoms with Gasteiger partial charge in [-0.1, -0.05) is 0 Å². The summed E-state index contributed by atoms with van der Waals surface area (Å²) in [6.07, 6.45) is 0.955. The highest BCUT2D eigenvalue weighted by Crippen LogP contribution is 2.17. The number of nitrogens with one attached hydrogen (secondary N) is 1. The molecule has 0 spiro atoms. The molecule has 1 heterocycles. The predicted octanol–water partition coefficient (Wildman–Crippen LogP) is 2.73. The minimum Gasteiger partial charge on any atom is -0.330 e. The quantitative estimate of drug-likeness (QED) is 0.696. The Bertz CT molecular complexity index is 806. The Morgan fingerprint density at radius 1 is 0.875 bits per heavy atom. The van der Waals surface area contributed by atoms with Gasteiger partial charge in [0.2, 0.25) is 5.91 Å². The topological polar surface area (TPSA) is 58.5 Å². The van der Waals surface area contributed by atoms with Gasteiger partial charge in [0.1, 0.15) is 17.3 Å². The second-order valence-electron chi connectivity index (χ2n) is 5.17. The van der Waals surface area contributed by atoms with E-state index in [-0.39, 0.29) is 12.1 Å². The van der Waals surface area contributed by atoms with Gasteiger partial charge in [0.25, 0.3) is 0 Å². The molecule has 0 aromatic heterocycles. The average Bonchev–Trinajstić information content (AvgIpc) is 2.56. The first-order valence-electron chi connectivity index (χ1n) is 7.16. The Labute approximate surface area is 136 Å². The summed E-state index contributed by atoms with van der Waals surface area (Å²) in [6.45, 7) is 0. The van der Waals surface area contributed by atoms with Crippen LogP contribution < -0.4 is 5.32 Å². The number of aliphatic imine (C=N–C) groups is 1. The molecule has 3 rings (SSSR count). The van der Waals surface area contributed by atoms with Crippen molar-refractivity contribution in [3.63, 3.8) is 0 Å². The van der Waals surface area contributed by atoms with E-state index in [9.17, 15) is 18.4 Å². The molecule has 0 saturated heterocycles. The van der Waals surface area contributed by atoms with E-state index in [2.05, 4.69) is 10.3 Å². The summed E-state index contributed by atoms with van der Waals surface area (Å²) in [4.78, 5) is 27.5. The number of rotatable bonds is 3. The number of benzene rings is 2. The van der Waals surface area contributed by atoms with Crippen molar-refractivity contribution in [1.29, 1.82) is 0 Å².